The van der Waals surface area contributed by atoms with Crippen LogP contribution in [0.4, 0.5) is 0 Å². The molecule has 0 heterocycles. The predicted molar refractivity (Wildman–Crippen MR) is 161 cm³/mol. The minimum atomic E-state index is -0.402. The Morgan fingerprint density at radius 2 is 0.350 bits per heavy atom. The smallest absolute Gasteiger partial charge is 0.299 e. The van der Waals surface area contributed by atoms with Crippen molar-refractivity contribution in [2.45, 2.75) is 144 Å². The van der Waals surface area contributed by atoms with Gasteiger partial charge in [0.2, 0.25) is 0 Å². The maximum atomic E-state index is 11.5. The monoisotopic (exact) mass is 608 g/mol. The molecule has 0 spiro atoms. The van der Waals surface area contributed by atoms with Crippen molar-refractivity contribution in [3.8, 4) is 0 Å². The minimum Gasteiger partial charge on any atom is -0.299 e. The first-order valence-electron chi connectivity index (χ1n) is 13.8. The number of ketones is 6. The van der Waals surface area contributed by atoms with Crippen molar-refractivity contribution in [3.05, 3.63) is 0 Å². The third-order valence-electron chi connectivity index (χ3n) is 5.98. The Balaban J connectivity index is -0.000000240. The zero-order valence-corrected chi connectivity index (χ0v) is 30.0. The van der Waals surface area contributed by atoms with Gasteiger partial charge in [-0.1, -0.05) is 125 Å². The van der Waals surface area contributed by atoms with Crippen LogP contribution in [0, 0.1) is 32.5 Å². The molecule has 0 unspecified atom stereocenters. The van der Waals surface area contributed by atoms with E-state index in [9.17, 15) is 28.8 Å². The zero-order valence-electron chi connectivity index (χ0n) is 28.9. The Kier molecular flexibility index (Phi) is 18.5. The molecule has 0 bridgehead atoms. The molecule has 0 aliphatic carbocycles. The summed E-state index contributed by atoms with van der Waals surface area (Å²) in [5, 5.41) is 0. The normalized spacial score (nSPS) is 12.4. The summed E-state index contributed by atoms with van der Waals surface area (Å²) in [4.78, 5) is 69.0. The van der Waals surface area contributed by atoms with E-state index < -0.39 is 32.5 Å². The quantitative estimate of drug-likeness (QED) is 0.225. The molecule has 233 valence electrons. The second kappa shape index (κ2) is 16.2. The van der Waals surface area contributed by atoms with Crippen LogP contribution in [0.2, 0.25) is 0 Å². The Labute approximate surface area is 256 Å². The third-order valence-corrected chi connectivity index (χ3v) is 5.98. The second-order valence-corrected chi connectivity index (χ2v) is 16.6. The summed E-state index contributed by atoms with van der Waals surface area (Å²) >= 11 is 0. The van der Waals surface area contributed by atoms with Crippen LogP contribution in [0.15, 0.2) is 0 Å². The summed E-state index contributed by atoms with van der Waals surface area (Å²) in [6, 6.07) is 0. The summed E-state index contributed by atoms with van der Waals surface area (Å²) in [6.45, 7) is 33.1. The van der Waals surface area contributed by atoms with E-state index in [2.05, 4.69) is 0 Å². The van der Waals surface area contributed by atoms with E-state index in [1.165, 1.54) is 0 Å². The summed E-state index contributed by atoms with van der Waals surface area (Å²) in [5.41, 5.74) is -2.41. The van der Waals surface area contributed by atoms with Gasteiger partial charge in [-0.2, -0.15) is 0 Å². The van der Waals surface area contributed by atoms with Gasteiger partial charge in [0.05, 0.1) is 19.3 Å². The zero-order chi connectivity index (χ0) is 32.6. The van der Waals surface area contributed by atoms with Gasteiger partial charge in [0.1, 0.15) is 34.7 Å². The Morgan fingerprint density at radius 3 is 0.400 bits per heavy atom. The first-order valence-corrected chi connectivity index (χ1v) is 13.8. The first-order chi connectivity index (χ1) is 16.6. The van der Waals surface area contributed by atoms with E-state index in [0.29, 0.717) is 0 Å². The van der Waals surface area contributed by atoms with Crippen molar-refractivity contribution < 1.29 is 45.8 Å². The predicted octanol–water partition coefficient (Wildman–Crippen LogP) is 7.82. The van der Waals surface area contributed by atoms with Gasteiger partial charge < -0.3 is 0 Å². The van der Waals surface area contributed by atoms with Crippen molar-refractivity contribution in [1.29, 1.82) is 0 Å². The number of hydrogen-bond donors (Lipinski definition) is 0. The fourth-order valence-electron chi connectivity index (χ4n) is 2.03. The molecular formula is C33H60FeO6+3. The van der Waals surface area contributed by atoms with E-state index in [4.69, 9.17) is 0 Å². The number of Topliss-reactive ketones (excluding diaryl/α,β-unsaturated/α-hetero) is 6. The molecule has 0 aromatic heterocycles. The maximum Gasteiger partial charge on any atom is 3.00 e. The first kappa shape index (κ1) is 45.5. The van der Waals surface area contributed by atoms with Gasteiger partial charge in [-0.15, -0.1) is 0 Å². The molecule has 6 nitrogen and oxygen atoms in total. The molecule has 0 N–H and O–H groups in total. The number of hydrogen-bond acceptors (Lipinski definition) is 6. The minimum absolute atomic E-state index is 0. The SMILES string of the molecule is CC(C)(C)C(=O)CC(=O)C(C)(C)C.CC(C)(C)C(=O)CC(=O)C(C)(C)C.CC(C)(C)C(=O)CC(=O)C(C)(C)C.[Fe+3]. The van der Waals surface area contributed by atoms with Gasteiger partial charge in [-0.3, -0.25) is 28.8 Å². The van der Waals surface area contributed by atoms with Crippen molar-refractivity contribution in [3.63, 3.8) is 0 Å². The molecule has 40 heavy (non-hydrogen) atoms. The largest absolute Gasteiger partial charge is 3.00 e. The van der Waals surface area contributed by atoms with Gasteiger partial charge in [-0.25, -0.2) is 0 Å². The van der Waals surface area contributed by atoms with Crippen LogP contribution in [-0.2, 0) is 45.8 Å². The number of carbonyl (C=O) groups is 6. The molecule has 0 aliphatic heterocycles. The molecule has 7 heteroatoms. The van der Waals surface area contributed by atoms with E-state index in [-0.39, 0.29) is 71.0 Å². The van der Waals surface area contributed by atoms with Crippen LogP contribution in [0.1, 0.15) is 144 Å². The second-order valence-electron chi connectivity index (χ2n) is 16.6. The molecule has 0 amide bonds. The van der Waals surface area contributed by atoms with E-state index in [1.54, 1.807) is 0 Å². The van der Waals surface area contributed by atoms with E-state index >= 15 is 0 Å². The average Bonchev–Trinajstić information content (AvgIpc) is 2.64. The van der Waals surface area contributed by atoms with Gasteiger partial charge >= 0.3 is 17.1 Å². The van der Waals surface area contributed by atoms with Crippen LogP contribution in [0.25, 0.3) is 0 Å². The van der Waals surface area contributed by atoms with Crippen LogP contribution in [-0.4, -0.2) is 34.7 Å². The summed E-state index contributed by atoms with van der Waals surface area (Å²) in [5.74, 6) is 0.125. The van der Waals surface area contributed by atoms with E-state index in [0.717, 1.165) is 0 Å². The van der Waals surface area contributed by atoms with Gasteiger partial charge in [0, 0.05) is 32.5 Å². The van der Waals surface area contributed by atoms with Crippen LogP contribution >= 0.6 is 0 Å². The molecule has 1 radical (unpaired) electrons. The molecule has 0 aromatic carbocycles. The molecule has 0 atom stereocenters. The van der Waals surface area contributed by atoms with Gasteiger partial charge in [-0.05, 0) is 0 Å². The molecule has 0 aromatic rings. The van der Waals surface area contributed by atoms with Crippen LogP contribution < -0.4 is 0 Å². The van der Waals surface area contributed by atoms with Crippen LogP contribution in [0.5, 0.6) is 0 Å². The van der Waals surface area contributed by atoms with Crippen molar-refractivity contribution in [1.82, 2.24) is 0 Å². The van der Waals surface area contributed by atoms with Gasteiger partial charge in [0.15, 0.2) is 0 Å². The summed E-state index contributed by atoms with van der Waals surface area (Å²) in [7, 11) is 0. The fraction of sp³-hybridized carbons (Fsp3) is 0.818. The van der Waals surface area contributed by atoms with E-state index in [1.807, 2.05) is 125 Å². The Hall–Kier alpha value is -1.46. The summed E-state index contributed by atoms with van der Waals surface area (Å²) in [6.07, 6.45) is 0.187. The Morgan fingerprint density at radius 1 is 0.275 bits per heavy atom. The molecule has 0 aliphatic rings. The van der Waals surface area contributed by atoms with Crippen molar-refractivity contribution in [2.75, 3.05) is 0 Å². The molecule has 0 saturated carbocycles. The Bertz CT molecular complexity index is 693. The molecule has 0 rings (SSSR count). The molecular weight excluding hydrogens is 548 g/mol. The van der Waals surface area contributed by atoms with Crippen LogP contribution in [0.3, 0.4) is 0 Å². The maximum absolute atomic E-state index is 11.5. The number of rotatable bonds is 6. The summed E-state index contributed by atoms with van der Waals surface area (Å²) < 4.78 is 0. The topological polar surface area (TPSA) is 102 Å². The average molecular weight is 609 g/mol. The molecule has 0 fully saturated rings. The molecule has 0 saturated heterocycles. The van der Waals surface area contributed by atoms with Crippen molar-refractivity contribution >= 4 is 34.7 Å². The number of carbonyl (C=O) groups excluding carboxylic acids is 6. The van der Waals surface area contributed by atoms with Crippen molar-refractivity contribution in [2.24, 2.45) is 32.5 Å². The standard InChI is InChI=1S/3C11H20O2.Fe/c3*1-10(2,3)8(12)7-9(13)11(4,5)6;/h3*7H2,1-6H3;/q;;;+3. The van der Waals surface area contributed by atoms with Gasteiger partial charge in [0.25, 0.3) is 0 Å². The fourth-order valence-corrected chi connectivity index (χ4v) is 2.03. The third kappa shape index (κ3) is 21.3.